The molecule has 1 aromatic heterocycles. The lowest BCUT2D eigenvalue weighted by Gasteiger charge is -2.10. The third-order valence-electron chi connectivity index (χ3n) is 2.51. The fourth-order valence-electron chi connectivity index (χ4n) is 1.65. The van der Waals surface area contributed by atoms with E-state index in [1.807, 2.05) is 18.2 Å². The van der Waals surface area contributed by atoms with Crippen LogP contribution in [0.2, 0.25) is 0 Å². The van der Waals surface area contributed by atoms with Gasteiger partial charge in [-0.2, -0.15) is 0 Å². The summed E-state index contributed by atoms with van der Waals surface area (Å²) in [6.45, 7) is 0.904. The SMILES string of the molecule is Nc1c(NCCCO)ccc2cnccc12. The number of anilines is 2. The van der Waals surface area contributed by atoms with Crippen LogP contribution in [-0.4, -0.2) is 23.2 Å². The van der Waals surface area contributed by atoms with Crippen molar-refractivity contribution < 1.29 is 5.11 Å². The summed E-state index contributed by atoms with van der Waals surface area (Å²) in [4.78, 5) is 4.05. The summed E-state index contributed by atoms with van der Waals surface area (Å²) in [6.07, 6.45) is 4.24. The first kappa shape index (κ1) is 10.7. The second-order valence-corrected chi connectivity index (χ2v) is 3.63. The van der Waals surface area contributed by atoms with E-state index in [0.717, 1.165) is 28.7 Å². The van der Waals surface area contributed by atoms with Gasteiger partial charge in [-0.25, -0.2) is 0 Å². The van der Waals surface area contributed by atoms with Crippen LogP contribution < -0.4 is 11.1 Å². The molecule has 2 aromatic rings. The first-order valence-corrected chi connectivity index (χ1v) is 5.30. The highest BCUT2D eigenvalue weighted by Crippen LogP contribution is 2.27. The molecule has 0 spiro atoms. The average Bonchev–Trinajstić information content (AvgIpc) is 2.33. The molecule has 0 radical (unpaired) electrons. The fourth-order valence-corrected chi connectivity index (χ4v) is 1.65. The second kappa shape index (κ2) is 4.81. The molecule has 0 bridgehead atoms. The standard InChI is InChI=1S/C12H15N3O/c13-12-10-4-6-14-8-9(10)2-3-11(12)15-5-1-7-16/h2-4,6,8,15-16H,1,5,7,13H2. The van der Waals surface area contributed by atoms with Gasteiger partial charge in [0.25, 0.3) is 0 Å². The quantitative estimate of drug-likeness (QED) is 0.537. The number of fused-ring (bicyclic) bond motifs is 1. The molecule has 0 saturated carbocycles. The number of nitrogens with zero attached hydrogens (tertiary/aromatic N) is 1. The fraction of sp³-hybridized carbons (Fsp3) is 0.250. The lowest BCUT2D eigenvalue weighted by Crippen LogP contribution is -2.05. The van der Waals surface area contributed by atoms with E-state index in [2.05, 4.69) is 10.3 Å². The molecule has 0 saturated heterocycles. The van der Waals surface area contributed by atoms with E-state index < -0.39 is 0 Å². The Bertz CT molecular complexity index is 485. The van der Waals surface area contributed by atoms with E-state index in [0.29, 0.717) is 6.42 Å². The largest absolute Gasteiger partial charge is 0.397 e. The Morgan fingerprint density at radius 1 is 1.31 bits per heavy atom. The molecule has 2 rings (SSSR count). The number of aliphatic hydroxyl groups excluding tert-OH is 1. The maximum atomic E-state index is 8.71. The molecule has 0 aliphatic rings. The number of aromatic nitrogens is 1. The summed E-state index contributed by atoms with van der Waals surface area (Å²) < 4.78 is 0. The number of aliphatic hydroxyl groups is 1. The highest BCUT2D eigenvalue weighted by atomic mass is 16.3. The second-order valence-electron chi connectivity index (χ2n) is 3.63. The Hall–Kier alpha value is -1.81. The van der Waals surface area contributed by atoms with E-state index in [1.54, 1.807) is 12.4 Å². The Kier molecular flexibility index (Phi) is 3.22. The molecule has 0 aliphatic carbocycles. The van der Waals surface area contributed by atoms with Gasteiger partial charge in [-0.15, -0.1) is 0 Å². The van der Waals surface area contributed by atoms with Crippen LogP contribution >= 0.6 is 0 Å². The van der Waals surface area contributed by atoms with Crippen molar-refractivity contribution in [2.45, 2.75) is 6.42 Å². The minimum atomic E-state index is 0.185. The molecule has 4 nitrogen and oxygen atoms in total. The maximum absolute atomic E-state index is 8.71. The summed E-state index contributed by atoms with van der Waals surface area (Å²) >= 11 is 0. The van der Waals surface area contributed by atoms with E-state index >= 15 is 0 Å². The van der Waals surface area contributed by atoms with Crippen LogP contribution in [0.3, 0.4) is 0 Å². The molecular weight excluding hydrogens is 202 g/mol. The Morgan fingerprint density at radius 3 is 3.00 bits per heavy atom. The molecule has 4 N–H and O–H groups in total. The highest BCUT2D eigenvalue weighted by molar-refractivity contribution is 5.98. The molecule has 84 valence electrons. The van der Waals surface area contributed by atoms with Gasteiger partial charge in [0.15, 0.2) is 0 Å². The minimum Gasteiger partial charge on any atom is -0.397 e. The van der Waals surface area contributed by atoms with Crippen LogP contribution in [0.25, 0.3) is 10.8 Å². The van der Waals surface area contributed by atoms with Crippen molar-refractivity contribution in [2.24, 2.45) is 0 Å². The van der Waals surface area contributed by atoms with Crippen molar-refractivity contribution >= 4 is 22.1 Å². The van der Waals surface area contributed by atoms with Crippen molar-refractivity contribution in [2.75, 3.05) is 24.2 Å². The van der Waals surface area contributed by atoms with E-state index in [-0.39, 0.29) is 6.61 Å². The minimum absolute atomic E-state index is 0.185. The van der Waals surface area contributed by atoms with Gasteiger partial charge >= 0.3 is 0 Å². The van der Waals surface area contributed by atoms with Crippen molar-refractivity contribution in [3.05, 3.63) is 30.6 Å². The number of nitrogens with two attached hydrogens (primary N) is 1. The van der Waals surface area contributed by atoms with Gasteiger partial charge in [-0.3, -0.25) is 4.98 Å². The van der Waals surface area contributed by atoms with Gasteiger partial charge in [0.1, 0.15) is 0 Å². The molecule has 1 heterocycles. The number of nitrogen functional groups attached to an aromatic ring is 1. The zero-order valence-electron chi connectivity index (χ0n) is 8.98. The molecule has 0 unspecified atom stereocenters. The maximum Gasteiger partial charge on any atom is 0.0630 e. The molecule has 0 fully saturated rings. The van der Waals surface area contributed by atoms with Crippen LogP contribution in [0.4, 0.5) is 11.4 Å². The van der Waals surface area contributed by atoms with Crippen molar-refractivity contribution in [3.63, 3.8) is 0 Å². The Morgan fingerprint density at radius 2 is 2.19 bits per heavy atom. The number of hydrogen-bond donors (Lipinski definition) is 3. The third-order valence-corrected chi connectivity index (χ3v) is 2.51. The van der Waals surface area contributed by atoms with E-state index in [1.165, 1.54) is 0 Å². The van der Waals surface area contributed by atoms with Gasteiger partial charge in [0.2, 0.25) is 0 Å². The van der Waals surface area contributed by atoms with Gasteiger partial charge < -0.3 is 16.2 Å². The van der Waals surface area contributed by atoms with E-state index in [9.17, 15) is 0 Å². The third kappa shape index (κ3) is 2.06. The summed E-state index contributed by atoms with van der Waals surface area (Å²) in [5.41, 5.74) is 7.69. The summed E-state index contributed by atoms with van der Waals surface area (Å²) in [6, 6.07) is 5.83. The van der Waals surface area contributed by atoms with Crippen LogP contribution in [-0.2, 0) is 0 Å². The Balaban J connectivity index is 2.29. The first-order chi connectivity index (χ1) is 7.83. The van der Waals surface area contributed by atoms with Crippen LogP contribution in [0, 0.1) is 0 Å². The number of pyridine rings is 1. The molecular formula is C12H15N3O. The summed E-state index contributed by atoms with van der Waals surface area (Å²) in [7, 11) is 0. The normalized spacial score (nSPS) is 10.6. The van der Waals surface area contributed by atoms with Gasteiger partial charge in [0, 0.05) is 36.3 Å². The Labute approximate surface area is 94.1 Å². The number of rotatable bonds is 4. The van der Waals surface area contributed by atoms with Gasteiger partial charge in [0.05, 0.1) is 11.4 Å². The number of hydrogen-bond acceptors (Lipinski definition) is 4. The number of benzene rings is 1. The van der Waals surface area contributed by atoms with Crippen LogP contribution in [0.1, 0.15) is 6.42 Å². The van der Waals surface area contributed by atoms with Crippen molar-refractivity contribution in [1.29, 1.82) is 0 Å². The van der Waals surface area contributed by atoms with Gasteiger partial charge in [-0.05, 0) is 18.6 Å². The molecule has 4 heteroatoms. The average molecular weight is 217 g/mol. The lowest BCUT2D eigenvalue weighted by molar-refractivity contribution is 0.292. The zero-order valence-corrected chi connectivity index (χ0v) is 8.98. The predicted molar refractivity (Wildman–Crippen MR) is 66.3 cm³/mol. The summed E-state index contributed by atoms with van der Waals surface area (Å²) in [5.74, 6) is 0. The smallest absolute Gasteiger partial charge is 0.0630 e. The van der Waals surface area contributed by atoms with Crippen LogP contribution in [0.15, 0.2) is 30.6 Å². The highest BCUT2D eigenvalue weighted by Gasteiger charge is 2.03. The van der Waals surface area contributed by atoms with Crippen LogP contribution in [0.5, 0.6) is 0 Å². The predicted octanol–water partition coefficient (Wildman–Crippen LogP) is 1.61. The molecule has 0 atom stereocenters. The zero-order chi connectivity index (χ0) is 11.4. The molecule has 0 amide bonds. The first-order valence-electron chi connectivity index (χ1n) is 5.30. The van der Waals surface area contributed by atoms with Gasteiger partial charge in [-0.1, -0.05) is 6.07 Å². The van der Waals surface area contributed by atoms with E-state index in [4.69, 9.17) is 10.8 Å². The molecule has 0 aliphatic heterocycles. The number of nitrogens with one attached hydrogen (secondary N) is 1. The molecule has 1 aromatic carbocycles. The molecule has 16 heavy (non-hydrogen) atoms. The van der Waals surface area contributed by atoms with Crippen molar-refractivity contribution in [3.8, 4) is 0 Å². The lowest BCUT2D eigenvalue weighted by atomic mass is 10.1. The summed E-state index contributed by atoms with van der Waals surface area (Å²) in [5, 5.41) is 13.9. The monoisotopic (exact) mass is 217 g/mol. The van der Waals surface area contributed by atoms with Crippen molar-refractivity contribution in [1.82, 2.24) is 4.98 Å². The topological polar surface area (TPSA) is 71.2 Å².